The fourth-order valence-corrected chi connectivity index (χ4v) is 4.81. The number of aliphatic carboxylic acids is 1. The van der Waals surface area contributed by atoms with Crippen LogP contribution in [0.1, 0.15) is 37.4 Å². The summed E-state index contributed by atoms with van der Waals surface area (Å²) in [5, 5.41) is 27.8. The number of carboxylic acid groups (broad SMARTS) is 1. The number of carbonyl (C=O) groups excluding carboxylic acids is 1. The molecule has 1 aliphatic heterocycles. The van der Waals surface area contributed by atoms with Crippen molar-refractivity contribution >= 4 is 12.4 Å². The van der Waals surface area contributed by atoms with Gasteiger partial charge in [-0.05, 0) is 17.0 Å². The molecule has 0 unspecified atom stereocenters. The molecule has 3 N–H and O–H groups in total. The minimum atomic E-state index is -1.57. The van der Waals surface area contributed by atoms with Gasteiger partial charge in [-0.1, -0.05) is 74.5 Å². The molecule has 5 atom stereocenters. The normalized spacial score (nSPS) is 25.5. The van der Waals surface area contributed by atoms with E-state index in [4.69, 9.17) is 4.74 Å². The van der Waals surface area contributed by atoms with Crippen molar-refractivity contribution in [3.63, 3.8) is 0 Å². The van der Waals surface area contributed by atoms with Gasteiger partial charge in [-0.25, -0.2) is 0 Å². The highest BCUT2D eigenvalue weighted by Gasteiger charge is 2.63. The van der Waals surface area contributed by atoms with Crippen molar-refractivity contribution in [2.24, 2.45) is 11.8 Å². The Labute approximate surface area is 192 Å². The number of benzene rings is 2. The lowest BCUT2D eigenvalue weighted by Gasteiger charge is -2.39. The van der Waals surface area contributed by atoms with Gasteiger partial charge < -0.3 is 15.2 Å². The minimum Gasteiger partial charge on any atom is -0.481 e. The fourth-order valence-electron chi connectivity index (χ4n) is 4.81. The third-order valence-electron chi connectivity index (χ3n) is 6.14. The Kier molecular flexibility index (Phi) is 7.78. The van der Waals surface area contributed by atoms with Crippen LogP contribution in [0, 0.1) is 22.0 Å². The van der Waals surface area contributed by atoms with Gasteiger partial charge in [-0.15, -0.1) is 0 Å². The van der Waals surface area contributed by atoms with Gasteiger partial charge in [0.1, 0.15) is 11.7 Å². The van der Waals surface area contributed by atoms with Crippen LogP contribution in [0.5, 0.6) is 0 Å². The van der Waals surface area contributed by atoms with Crippen molar-refractivity contribution in [3.8, 4) is 0 Å². The number of amides is 1. The zero-order chi connectivity index (χ0) is 24.0. The Hall–Kier alpha value is -3.30. The lowest BCUT2D eigenvalue weighted by atomic mass is 9.77. The summed E-state index contributed by atoms with van der Waals surface area (Å²) in [6, 6.07) is 16.2. The highest BCUT2D eigenvalue weighted by molar-refractivity contribution is 5.69. The van der Waals surface area contributed by atoms with Gasteiger partial charge in [0.2, 0.25) is 12.5 Å². The smallest absolute Gasteiger partial charge is 0.307 e. The summed E-state index contributed by atoms with van der Waals surface area (Å²) in [4.78, 5) is 35.5. The van der Waals surface area contributed by atoms with E-state index in [1.165, 1.54) is 0 Å². The van der Waals surface area contributed by atoms with E-state index in [9.17, 15) is 24.8 Å². The molecule has 0 saturated carbocycles. The minimum absolute atomic E-state index is 0.195. The summed E-state index contributed by atoms with van der Waals surface area (Å²) in [5.74, 6) is -2.34. The molecular formula is C24H29N3O6. The van der Waals surface area contributed by atoms with Gasteiger partial charge >= 0.3 is 5.97 Å². The molecule has 1 saturated heterocycles. The van der Waals surface area contributed by atoms with Gasteiger partial charge in [-0.3, -0.25) is 25.0 Å². The van der Waals surface area contributed by atoms with Crippen molar-refractivity contribution in [1.82, 2.24) is 10.6 Å². The van der Waals surface area contributed by atoms with Crippen LogP contribution in [-0.4, -0.2) is 40.2 Å². The topological polar surface area (TPSA) is 131 Å². The van der Waals surface area contributed by atoms with E-state index in [0.717, 1.165) is 5.56 Å². The lowest BCUT2D eigenvalue weighted by Crippen LogP contribution is -2.62. The van der Waals surface area contributed by atoms with Crippen LogP contribution in [0.25, 0.3) is 0 Å². The number of nitrogens with zero attached hydrogens (tertiary/aromatic N) is 1. The molecule has 2 aromatic rings. The van der Waals surface area contributed by atoms with Gasteiger partial charge in [-0.2, -0.15) is 0 Å². The maximum absolute atomic E-state index is 12.4. The molecule has 9 heteroatoms. The highest BCUT2D eigenvalue weighted by Crippen LogP contribution is 2.44. The summed E-state index contributed by atoms with van der Waals surface area (Å²) >= 11 is 0. The molecule has 1 amide bonds. The van der Waals surface area contributed by atoms with Crippen molar-refractivity contribution < 1.29 is 24.4 Å². The maximum atomic E-state index is 12.4. The number of nitro groups is 1. The summed E-state index contributed by atoms with van der Waals surface area (Å²) < 4.78 is 6.23. The van der Waals surface area contributed by atoms with Gasteiger partial charge in [0.25, 0.3) is 0 Å². The lowest BCUT2D eigenvalue weighted by molar-refractivity contribution is -0.536. The second-order valence-corrected chi connectivity index (χ2v) is 8.64. The van der Waals surface area contributed by atoms with Crippen LogP contribution >= 0.6 is 0 Å². The van der Waals surface area contributed by atoms with Crippen molar-refractivity contribution in [2.45, 2.75) is 50.7 Å². The first-order chi connectivity index (χ1) is 15.8. The Bertz CT molecular complexity index is 955. The number of hydrogen-bond acceptors (Lipinski definition) is 6. The summed E-state index contributed by atoms with van der Waals surface area (Å²) in [7, 11) is 0. The summed E-state index contributed by atoms with van der Waals surface area (Å²) in [5.41, 5.74) is -0.0504. The van der Waals surface area contributed by atoms with E-state index in [0.29, 0.717) is 12.0 Å². The van der Waals surface area contributed by atoms with Crippen LogP contribution in [0.15, 0.2) is 60.7 Å². The monoisotopic (exact) mass is 455 g/mol. The molecule has 0 aliphatic carbocycles. The molecule has 3 rings (SSSR count). The molecule has 0 spiro atoms. The molecule has 2 aromatic carbocycles. The predicted molar refractivity (Wildman–Crippen MR) is 121 cm³/mol. The maximum Gasteiger partial charge on any atom is 0.307 e. The van der Waals surface area contributed by atoms with E-state index >= 15 is 0 Å². The first-order valence-corrected chi connectivity index (χ1v) is 10.8. The Balaban J connectivity index is 2.09. The first kappa shape index (κ1) is 24.3. The number of carbonyl (C=O) groups is 2. The molecule has 0 bridgehead atoms. The molecule has 0 aromatic heterocycles. The Morgan fingerprint density at radius 3 is 2.33 bits per heavy atom. The number of ether oxygens (including phenoxy) is 1. The number of nitrogens with one attached hydrogen (secondary N) is 2. The molecule has 0 radical (unpaired) electrons. The third kappa shape index (κ3) is 5.37. The van der Waals surface area contributed by atoms with Crippen LogP contribution < -0.4 is 10.6 Å². The molecule has 1 fully saturated rings. The number of hydrogen-bond donors (Lipinski definition) is 3. The largest absolute Gasteiger partial charge is 0.481 e. The van der Waals surface area contributed by atoms with Crippen LogP contribution in [0.3, 0.4) is 0 Å². The highest BCUT2D eigenvalue weighted by atomic mass is 16.6. The first-order valence-electron chi connectivity index (χ1n) is 10.8. The Morgan fingerprint density at radius 2 is 1.82 bits per heavy atom. The van der Waals surface area contributed by atoms with E-state index in [2.05, 4.69) is 10.6 Å². The predicted octanol–water partition coefficient (Wildman–Crippen LogP) is 2.75. The van der Waals surface area contributed by atoms with Crippen molar-refractivity contribution in [2.75, 3.05) is 0 Å². The van der Waals surface area contributed by atoms with Crippen molar-refractivity contribution in [3.05, 3.63) is 81.9 Å². The average molecular weight is 456 g/mol. The van der Waals surface area contributed by atoms with Gasteiger partial charge in [0.15, 0.2) is 0 Å². The molecule has 176 valence electrons. The number of rotatable bonds is 11. The average Bonchev–Trinajstić information content (AvgIpc) is 3.09. The standard InChI is InChI=1S/C24H29N3O6/c1-16(2)23(33-14-17-9-5-3-6-10-17)20-22(27(31)32)21(18-11-7-4-8-12-18)26-24(20,25-15-28)13-19(29)30/h3-12,15-16,20-23,26H,13-14H2,1-2H3,(H,25,28)(H,29,30)/t20-,21+,22+,23+,24-/m1/s1. The zero-order valence-electron chi connectivity index (χ0n) is 18.6. The fraction of sp³-hybridized carbons (Fsp3) is 0.417. The second-order valence-electron chi connectivity index (χ2n) is 8.64. The quantitative estimate of drug-likeness (QED) is 0.270. The third-order valence-corrected chi connectivity index (χ3v) is 6.14. The molecule has 1 heterocycles. The van der Waals surface area contributed by atoms with Crippen LogP contribution in [-0.2, 0) is 20.9 Å². The zero-order valence-corrected chi connectivity index (χ0v) is 18.6. The van der Waals surface area contributed by atoms with Gasteiger partial charge in [0, 0.05) is 4.92 Å². The van der Waals surface area contributed by atoms with E-state index < -0.39 is 47.1 Å². The molecular weight excluding hydrogens is 426 g/mol. The van der Waals surface area contributed by atoms with E-state index in [-0.39, 0.29) is 12.5 Å². The Morgan fingerprint density at radius 1 is 1.21 bits per heavy atom. The number of carboxylic acids is 1. The molecule has 9 nitrogen and oxygen atoms in total. The van der Waals surface area contributed by atoms with E-state index in [1.807, 2.05) is 44.2 Å². The van der Waals surface area contributed by atoms with Crippen molar-refractivity contribution in [1.29, 1.82) is 0 Å². The van der Waals surface area contributed by atoms with Crippen LogP contribution in [0.2, 0.25) is 0 Å². The summed E-state index contributed by atoms with van der Waals surface area (Å²) in [6.07, 6.45) is -0.863. The van der Waals surface area contributed by atoms with Crippen LogP contribution in [0.4, 0.5) is 0 Å². The van der Waals surface area contributed by atoms with Gasteiger partial charge in [0.05, 0.1) is 25.0 Å². The molecule has 1 aliphatic rings. The van der Waals surface area contributed by atoms with E-state index in [1.54, 1.807) is 30.3 Å². The molecule has 33 heavy (non-hydrogen) atoms. The second kappa shape index (κ2) is 10.5. The summed E-state index contributed by atoms with van der Waals surface area (Å²) in [6.45, 7) is 3.94. The SMILES string of the molecule is CC(C)[C@H](OCc1ccccc1)[C@H]1[C@H]([N+](=O)[O-])[C@H](c2ccccc2)N[C@@]1(CC(=O)O)NC=O.